The largest absolute Gasteiger partial charge is 0.345 e. The Morgan fingerprint density at radius 2 is 1.63 bits per heavy atom. The summed E-state index contributed by atoms with van der Waals surface area (Å²) in [7, 11) is -2.22. The fourth-order valence-electron chi connectivity index (χ4n) is 3.19. The number of carbonyl (C=O) groups is 1. The van der Waals surface area contributed by atoms with Crippen LogP contribution in [0.1, 0.15) is 40.9 Å². The van der Waals surface area contributed by atoms with Crippen molar-refractivity contribution in [2.75, 3.05) is 11.4 Å². The summed E-state index contributed by atoms with van der Waals surface area (Å²) in [6.45, 7) is 4.04. The first-order valence-electron chi connectivity index (χ1n) is 9.84. The molecule has 0 bridgehead atoms. The van der Waals surface area contributed by atoms with Crippen molar-refractivity contribution in [3.63, 3.8) is 0 Å². The van der Waals surface area contributed by atoms with Crippen molar-refractivity contribution in [1.82, 2.24) is 5.32 Å². The molecule has 156 valence electrons. The van der Waals surface area contributed by atoms with Gasteiger partial charge in [0.15, 0.2) is 0 Å². The van der Waals surface area contributed by atoms with Gasteiger partial charge in [-0.05, 0) is 49.2 Å². The monoisotopic (exact) mass is 422 g/mol. The van der Waals surface area contributed by atoms with E-state index in [-0.39, 0.29) is 16.8 Å². The third kappa shape index (κ3) is 4.71. The molecule has 0 aliphatic heterocycles. The Hall–Kier alpha value is -3.12. The van der Waals surface area contributed by atoms with Gasteiger partial charge in [0.05, 0.1) is 16.6 Å². The summed E-state index contributed by atoms with van der Waals surface area (Å²) in [5.41, 5.74) is 3.04. The van der Waals surface area contributed by atoms with E-state index in [1.165, 1.54) is 11.4 Å². The van der Waals surface area contributed by atoms with Crippen LogP contribution in [0.4, 0.5) is 5.69 Å². The minimum Gasteiger partial charge on any atom is -0.345 e. The Morgan fingerprint density at radius 3 is 2.27 bits per heavy atom. The predicted octanol–water partition coefficient (Wildman–Crippen LogP) is 4.70. The first-order chi connectivity index (χ1) is 14.3. The lowest BCUT2D eigenvalue weighted by atomic mass is 10.0. The number of anilines is 1. The Bertz CT molecular complexity index is 1110. The molecule has 0 heterocycles. The van der Waals surface area contributed by atoms with Gasteiger partial charge >= 0.3 is 0 Å². The average Bonchev–Trinajstić information content (AvgIpc) is 2.78. The van der Waals surface area contributed by atoms with Crippen LogP contribution >= 0.6 is 0 Å². The molecule has 1 N–H and O–H groups in total. The van der Waals surface area contributed by atoms with Crippen molar-refractivity contribution in [2.24, 2.45) is 0 Å². The molecule has 0 unspecified atom stereocenters. The number of hydrogen-bond donors (Lipinski definition) is 1. The second-order valence-electron chi connectivity index (χ2n) is 7.18. The molecule has 0 aromatic heterocycles. The fourth-order valence-corrected chi connectivity index (χ4v) is 4.40. The number of nitrogens with one attached hydrogen (secondary N) is 1. The lowest BCUT2D eigenvalue weighted by Crippen LogP contribution is -2.29. The summed E-state index contributed by atoms with van der Waals surface area (Å²) >= 11 is 0. The van der Waals surface area contributed by atoms with Gasteiger partial charge in [-0.1, -0.05) is 61.0 Å². The van der Waals surface area contributed by atoms with Crippen LogP contribution in [0.5, 0.6) is 0 Å². The maximum atomic E-state index is 12.9. The number of nitrogens with zero attached hydrogens (tertiary/aromatic N) is 1. The molecular weight excluding hydrogens is 396 g/mol. The maximum absolute atomic E-state index is 12.9. The second kappa shape index (κ2) is 9.13. The van der Waals surface area contributed by atoms with Crippen molar-refractivity contribution >= 4 is 21.6 Å². The number of sulfonamides is 1. The highest BCUT2D eigenvalue weighted by Gasteiger charge is 2.22. The van der Waals surface area contributed by atoms with Gasteiger partial charge in [-0.15, -0.1) is 0 Å². The third-order valence-electron chi connectivity index (χ3n) is 5.07. The highest BCUT2D eigenvalue weighted by atomic mass is 32.2. The Kier molecular flexibility index (Phi) is 6.57. The summed E-state index contributed by atoms with van der Waals surface area (Å²) in [6.07, 6.45) is 0.747. The van der Waals surface area contributed by atoms with E-state index in [0.717, 1.165) is 17.5 Å². The molecule has 0 aliphatic carbocycles. The second-order valence-corrected chi connectivity index (χ2v) is 9.15. The zero-order chi connectivity index (χ0) is 21.7. The van der Waals surface area contributed by atoms with Gasteiger partial charge in [0.2, 0.25) is 0 Å². The SMILES string of the molecule is CC[C@@H](NC(=O)c1cccc(N(C)S(=O)(=O)c2ccccc2)c1)c1ccc(C)cc1. The van der Waals surface area contributed by atoms with E-state index in [1.807, 2.05) is 38.1 Å². The number of hydrogen-bond acceptors (Lipinski definition) is 3. The minimum absolute atomic E-state index is 0.118. The molecule has 0 spiro atoms. The molecule has 5 nitrogen and oxygen atoms in total. The van der Waals surface area contributed by atoms with Gasteiger partial charge in [-0.25, -0.2) is 8.42 Å². The van der Waals surface area contributed by atoms with E-state index in [9.17, 15) is 13.2 Å². The van der Waals surface area contributed by atoms with Crippen LogP contribution in [0.15, 0.2) is 83.8 Å². The zero-order valence-corrected chi connectivity index (χ0v) is 18.2. The smallest absolute Gasteiger partial charge is 0.264 e. The molecule has 0 radical (unpaired) electrons. The first kappa shape index (κ1) is 21.6. The van der Waals surface area contributed by atoms with Crippen molar-refractivity contribution in [1.29, 1.82) is 0 Å². The van der Waals surface area contributed by atoms with E-state index in [1.54, 1.807) is 54.6 Å². The Balaban J connectivity index is 1.82. The molecule has 6 heteroatoms. The molecule has 3 rings (SSSR count). The molecule has 3 aromatic carbocycles. The number of amides is 1. The van der Waals surface area contributed by atoms with Gasteiger partial charge in [-0.2, -0.15) is 0 Å². The van der Waals surface area contributed by atoms with Crippen LogP contribution in [-0.4, -0.2) is 21.4 Å². The molecule has 0 saturated carbocycles. The topological polar surface area (TPSA) is 66.5 Å². The molecule has 1 amide bonds. The van der Waals surface area contributed by atoms with Crippen LogP contribution in [0.3, 0.4) is 0 Å². The molecular formula is C24H26N2O3S. The molecule has 30 heavy (non-hydrogen) atoms. The van der Waals surface area contributed by atoms with Crippen LogP contribution in [0.25, 0.3) is 0 Å². The molecule has 0 saturated heterocycles. The highest BCUT2D eigenvalue weighted by Crippen LogP contribution is 2.24. The van der Waals surface area contributed by atoms with Gasteiger partial charge in [-0.3, -0.25) is 9.10 Å². The van der Waals surface area contributed by atoms with E-state index in [2.05, 4.69) is 5.32 Å². The van der Waals surface area contributed by atoms with Crippen molar-refractivity contribution in [3.8, 4) is 0 Å². The van der Waals surface area contributed by atoms with Gasteiger partial charge < -0.3 is 5.32 Å². The van der Waals surface area contributed by atoms with Crippen molar-refractivity contribution < 1.29 is 13.2 Å². The average molecular weight is 423 g/mol. The fraction of sp³-hybridized carbons (Fsp3) is 0.208. The normalized spacial score (nSPS) is 12.2. The quantitative estimate of drug-likeness (QED) is 0.600. The predicted molar refractivity (Wildman–Crippen MR) is 120 cm³/mol. The number of benzene rings is 3. The molecule has 1 atom stereocenters. The van der Waals surface area contributed by atoms with Crippen LogP contribution < -0.4 is 9.62 Å². The zero-order valence-electron chi connectivity index (χ0n) is 17.4. The van der Waals surface area contributed by atoms with Crippen molar-refractivity contribution in [2.45, 2.75) is 31.2 Å². The summed E-state index contributed by atoms with van der Waals surface area (Å²) in [6, 6.07) is 22.8. The van der Waals surface area contributed by atoms with Crippen LogP contribution in [-0.2, 0) is 10.0 Å². The van der Waals surface area contributed by atoms with E-state index in [4.69, 9.17) is 0 Å². The number of aryl methyl sites for hydroxylation is 1. The van der Waals surface area contributed by atoms with E-state index >= 15 is 0 Å². The van der Waals surface area contributed by atoms with E-state index in [0.29, 0.717) is 11.3 Å². The first-order valence-corrected chi connectivity index (χ1v) is 11.3. The standard InChI is InChI=1S/C24H26N2O3S/c1-4-23(19-15-13-18(2)14-16-19)25-24(27)20-9-8-10-21(17-20)26(3)30(28,29)22-11-6-5-7-12-22/h5-17,23H,4H2,1-3H3,(H,25,27)/t23-/m1/s1. The number of carbonyl (C=O) groups excluding carboxylic acids is 1. The maximum Gasteiger partial charge on any atom is 0.264 e. The number of rotatable bonds is 7. The molecule has 0 fully saturated rings. The molecule has 3 aromatic rings. The van der Waals surface area contributed by atoms with Gasteiger partial charge in [0, 0.05) is 12.6 Å². The van der Waals surface area contributed by atoms with Gasteiger partial charge in [0.25, 0.3) is 15.9 Å². The van der Waals surface area contributed by atoms with Gasteiger partial charge in [0.1, 0.15) is 0 Å². The minimum atomic E-state index is -3.71. The lowest BCUT2D eigenvalue weighted by molar-refractivity contribution is 0.0935. The highest BCUT2D eigenvalue weighted by molar-refractivity contribution is 7.92. The van der Waals surface area contributed by atoms with Crippen LogP contribution in [0.2, 0.25) is 0 Å². The summed E-state index contributed by atoms with van der Waals surface area (Å²) in [4.78, 5) is 13.1. The molecule has 0 aliphatic rings. The lowest BCUT2D eigenvalue weighted by Gasteiger charge is -2.21. The third-order valence-corrected chi connectivity index (χ3v) is 6.87. The summed E-state index contributed by atoms with van der Waals surface area (Å²) in [5, 5.41) is 3.05. The summed E-state index contributed by atoms with van der Waals surface area (Å²) in [5.74, 6) is -0.241. The van der Waals surface area contributed by atoms with Crippen molar-refractivity contribution in [3.05, 3.63) is 95.6 Å². The summed E-state index contributed by atoms with van der Waals surface area (Å²) < 4.78 is 26.9. The van der Waals surface area contributed by atoms with E-state index < -0.39 is 10.0 Å². The Morgan fingerprint density at radius 1 is 0.967 bits per heavy atom. The van der Waals surface area contributed by atoms with Crippen LogP contribution in [0, 0.1) is 6.92 Å². The Labute approximate surface area is 178 Å².